The second-order valence-electron chi connectivity index (χ2n) is 9.05. The van der Waals surface area contributed by atoms with Gasteiger partial charge in [0.15, 0.2) is 5.78 Å². The van der Waals surface area contributed by atoms with Crippen LogP contribution < -0.4 is 4.74 Å². The summed E-state index contributed by atoms with van der Waals surface area (Å²) >= 11 is 1.31. The zero-order chi connectivity index (χ0) is 22.5. The molecule has 4 rings (SSSR count). The number of hydrogen-bond donors (Lipinski definition) is 2. The molecule has 0 spiro atoms. The minimum atomic E-state index is -0.709. The van der Waals surface area contributed by atoms with Gasteiger partial charge < -0.3 is 14.9 Å². The highest BCUT2D eigenvalue weighted by atomic mass is 32.1. The topological polar surface area (TPSA) is 110 Å². The number of carbonyl (C=O) groups excluding carboxylic acids is 1. The largest absolute Gasteiger partial charge is 0.481 e. The van der Waals surface area contributed by atoms with E-state index in [1.54, 1.807) is 0 Å². The predicted octanol–water partition coefficient (Wildman–Crippen LogP) is 4.39. The van der Waals surface area contributed by atoms with Gasteiger partial charge in [-0.2, -0.15) is 0 Å². The molecule has 1 aromatic heterocycles. The molecule has 0 saturated heterocycles. The van der Waals surface area contributed by atoms with Crippen molar-refractivity contribution < 1.29 is 24.5 Å². The Morgan fingerprint density at radius 3 is 2.31 bits per heavy atom. The molecule has 2 aromatic rings. The number of aliphatic hydroxyl groups is 1. The van der Waals surface area contributed by atoms with E-state index in [2.05, 4.69) is 10.2 Å². The van der Waals surface area contributed by atoms with Gasteiger partial charge in [-0.15, -0.1) is 10.2 Å². The summed E-state index contributed by atoms with van der Waals surface area (Å²) in [6.07, 6.45) is 7.29. The van der Waals surface area contributed by atoms with E-state index in [0.717, 1.165) is 51.4 Å². The molecule has 1 heterocycles. The van der Waals surface area contributed by atoms with Crippen LogP contribution in [0.1, 0.15) is 84.6 Å². The first-order chi connectivity index (χ1) is 15.5. The summed E-state index contributed by atoms with van der Waals surface area (Å²) in [5, 5.41) is 27.9. The summed E-state index contributed by atoms with van der Waals surface area (Å²) in [4.78, 5) is 23.6. The smallest absolute Gasteiger partial charge is 0.303 e. The highest BCUT2D eigenvalue weighted by Crippen LogP contribution is 2.37. The van der Waals surface area contributed by atoms with Crippen molar-refractivity contribution in [3.8, 4) is 5.19 Å². The standard InChI is InChI=1S/C24H30N2O5S/c27-19-9-11-20(12-10-19)31-24-26-25-22(32-24)14-21(28)18-7-5-17(6-8-18)16-3-1-15(2-4-16)13-23(29)30/h5-8,15-16,19-20,27H,1-4,9-14H2,(H,29,30). The van der Waals surface area contributed by atoms with E-state index in [-0.39, 0.29) is 36.8 Å². The number of nitrogens with zero attached hydrogens (tertiary/aromatic N) is 2. The van der Waals surface area contributed by atoms with Gasteiger partial charge in [0.2, 0.25) is 0 Å². The molecular formula is C24H30N2O5S. The van der Waals surface area contributed by atoms with Gasteiger partial charge in [0.05, 0.1) is 12.5 Å². The SMILES string of the molecule is O=C(O)CC1CCC(c2ccc(C(=O)Cc3nnc(OC4CCC(O)CC4)s3)cc2)CC1. The van der Waals surface area contributed by atoms with Gasteiger partial charge in [0.25, 0.3) is 5.19 Å². The Balaban J connectivity index is 1.27. The lowest BCUT2D eigenvalue weighted by molar-refractivity contribution is -0.138. The number of rotatable bonds is 8. The molecule has 7 nitrogen and oxygen atoms in total. The summed E-state index contributed by atoms with van der Waals surface area (Å²) in [6, 6.07) is 7.82. The normalized spacial score (nSPS) is 25.9. The van der Waals surface area contributed by atoms with Crippen molar-refractivity contribution in [2.24, 2.45) is 5.92 Å². The lowest BCUT2D eigenvalue weighted by atomic mass is 9.77. The van der Waals surface area contributed by atoms with E-state index in [1.807, 2.05) is 24.3 Å². The lowest BCUT2D eigenvalue weighted by Crippen LogP contribution is -2.26. The number of carbonyl (C=O) groups is 2. The van der Waals surface area contributed by atoms with Crippen molar-refractivity contribution >= 4 is 23.1 Å². The first-order valence-corrected chi connectivity index (χ1v) is 12.3. The molecule has 2 fully saturated rings. The van der Waals surface area contributed by atoms with Crippen LogP contribution in [0.15, 0.2) is 24.3 Å². The van der Waals surface area contributed by atoms with Crippen LogP contribution in [0.5, 0.6) is 5.19 Å². The third-order valence-corrected chi connectivity index (χ3v) is 7.50. The number of aliphatic hydroxyl groups excluding tert-OH is 1. The average molecular weight is 459 g/mol. The Labute approximate surface area is 191 Å². The minimum absolute atomic E-state index is 0.00482. The molecule has 0 bridgehead atoms. The Bertz CT molecular complexity index is 913. The molecule has 2 N–H and O–H groups in total. The molecule has 8 heteroatoms. The zero-order valence-electron chi connectivity index (χ0n) is 18.1. The maximum absolute atomic E-state index is 12.7. The fraction of sp³-hybridized carbons (Fsp3) is 0.583. The zero-order valence-corrected chi connectivity index (χ0v) is 18.9. The maximum atomic E-state index is 12.7. The first kappa shape index (κ1) is 22.9. The fourth-order valence-corrected chi connectivity index (χ4v) is 5.54. The van der Waals surface area contributed by atoms with Gasteiger partial charge in [-0.3, -0.25) is 9.59 Å². The van der Waals surface area contributed by atoms with Crippen LogP contribution in [0.2, 0.25) is 0 Å². The quantitative estimate of drug-likeness (QED) is 0.564. The van der Waals surface area contributed by atoms with E-state index in [0.29, 0.717) is 21.7 Å². The molecule has 0 amide bonds. The van der Waals surface area contributed by atoms with Crippen molar-refractivity contribution in [2.45, 2.75) is 82.3 Å². The fourth-order valence-electron chi connectivity index (χ4n) is 4.79. The van der Waals surface area contributed by atoms with Gasteiger partial charge in [-0.25, -0.2) is 0 Å². The van der Waals surface area contributed by atoms with Gasteiger partial charge in [0, 0.05) is 12.0 Å². The lowest BCUT2D eigenvalue weighted by Gasteiger charge is -2.28. The summed E-state index contributed by atoms with van der Waals surface area (Å²) in [7, 11) is 0. The Kier molecular flexibility index (Phi) is 7.52. The summed E-state index contributed by atoms with van der Waals surface area (Å²) in [6.45, 7) is 0. The number of aromatic nitrogens is 2. The summed E-state index contributed by atoms with van der Waals surface area (Å²) < 4.78 is 5.87. The molecule has 2 aliphatic rings. The van der Waals surface area contributed by atoms with E-state index in [9.17, 15) is 14.7 Å². The van der Waals surface area contributed by atoms with Crippen molar-refractivity contribution in [3.63, 3.8) is 0 Å². The minimum Gasteiger partial charge on any atom is -0.481 e. The second kappa shape index (κ2) is 10.5. The number of ether oxygens (including phenoxy) is 1. The third kappa shape index (κ3) is 6.13. The predicted molar refractivity (Wildman–Crippen MR) is 120 cm³/mol. The molecule has 0 aliphatic heterocycles. The second-order valence-corrected chi connectivity index (χ2v) is 10.1. The number of benzene rings is 1. The van der Waals surface area contributed by atoms with Gasteiger partial charge >= 0.3 is 5.97 Å². The molecule has 0 unspecified atom stereocenters. The summed E-state index contributed by atoms with van der Waals surface area (Å²) in [5.74, 6) is 0.0208. The molecule has 32 heavy (non-hydrogen) atoms. The monoisotopic (exact) mass is 458 g/mol. The Morgan fingerprint density at radius 2 is 1.66 bits per heavy atom. The Hall–Kier alpha value is -2.32. The van der Waals surface area contributed by atoms with Crippen LogP contribution in [0.4, 0.5) is 0 Å². The van der Waals surface area contributed by atoms with Crippen molar-refractivity contribution in [1.82, 2.24) is 10.2 Å². The number of ketones is 1. The van der Waals surface area contributed by atoms with Crippen molar-refractivity contribution in [2.75, 3.05) is 0 Å². The number of carboxylic acid groups (broad SMARTS) is 1. The average Bonchev–Trinajstić information content (AvgIpc) is 3.22. The number of hydrogen-bond acceptors (Lipinski definition) is 7. The third-order valence-electron chi connectivity index (χ3n) is 6.69. The highest BCUT2D eigenvalue weighted by molar-refractivity contribution is 7.13. The van der Waals surface area contributed by atoms with Gasteiger partial charge in [-0.05, 0) is 68.8 Å². The van der Waals surface area contributed by atoms with Crippen LogP contribution in [-0.4, -0.2) is 44.4 Å². The van der Waals surface area contributed by atoms with Gasteiger partial charge in [0.1, 0.15) is 11.1 Å². The molecule has 172 valence electrons. The first-order valence-electron chi connectivity index (χ1n) is 11.5. The van der Waals surface area contributed by atoms with E-state index < -0.39 is 5.97 Å². The molecular weight excluding hydrogens is 428 g/mol. The van der Waals surface area contributed by atoms with Crippen LogP contribution in [0, 0.1) is 5.92 Å². The maximum Gasteiger partial charge on any atom is 0.303 e. The summed E-state index contributed by atoms with van der Waals surface area (Å²) in [5.41, 5.74) is 1.88. The van der Waals surface area contributed by atoms with E-state index in [4.69, 9.17) is 9.84 Å². The molecule has 2 saturated carbocycles. The molecule has 0 atom stereocenters. The number of Topliss-reactive ketones (excluding diaryl/α,β-unsaturated/α-hetero) is 1. The number of aliphatic carboxylic acids is 1. The molecule has 0 radical (unpaired) electrons. The van der Waals surface area contributed by atoms with E-state index >= 15 is 0 Å². The van der Waals surface area contributed by atoms with Gasteiger partial charge in [-0.1, -0.05) is 35.6 Å². The number of carboxylic acids is 1. The highest BCUT2D eigenvalue weighted by Gasteiger charge is 2.25. The van der Waals surface area contributed by atoms with Crippen molar-refractivity contribution in [1.29, 1.82) is 0 Å². The molecule has 1 aromatic carbocycles. The van der Waals surface area contributed by atoms with Crippen molar-refractivity contribution in [3.05, 3.63) is 40.4 Å². The molecule has 2 aliphatic carbocycles. The Morgan fingerprint density at radius 1 is 0.969 bits per heavy atom. The van der Waals surface area contributed by atoms with E-state index in [1.165, 1.54) is 16.9 Å². The van der Waals surface area contributed by atoms with Crippen LogP contribution >= 0.6 is 11.3 Å². The van der Waals surface area contributed by atoms with Crippen LogP contribution in [-0.2, 0) is 11.2 Å². The van der Waals surface area contributed by atoms with Crippen LogP contribution in [0.25, 0.3) is 0 Å². The van der Waals surface area contributed by atoms with Crippen LogP contribution in [0.3, 0.4) is 0 Å².